The Morgan fingerprint density at radius 3 is 1.54 bits per heavy atom. The van der Waals surface area contributed by atoms with Crippen LogP contribution in [-0.2, 0) is 26.4 Å². The van der Waals surface area contributed by atoms with E-state index in [9.17, 15) is 9.59 Å². The van der Waals surface area contributed by atoms with Gasteiger partial charge < -0.3 is 12.0 Å². The number of unbranched alkanes of at least 4 members (excludes halogenated alkanes) is 1. The van der Waals surface area contributed by atoms with Gasteiger partial charge in [-0.3, -0.25) is 9.59 Å². The second-order valence-electron chi connectivity index (χ2n) is 2.48. The maximum absolute atomic E-state index is 10.1. The van der Waals surface area contributed by atoms with Crippen LogP contribution in [-0.4, -0.2) is 22.8 Å². The van der Waals surface area contributed by atoms with Crippen LogP contribution in [0.1, 0.15) is 33.6 Å². The number of rotatable bonds is 3. The number of ketones is 2. The molecular weight excluding hydrogens is 215 g/mol. The van der Waals surface area contributed by atoms with Gasteiger partial charge in [0.05, 0.1) is 0 Å². The summed E-state index contributed by atoms with van der Waals surface area (Å²) in [7, 11) is 0. The summed E-state index contributed by atoms with van der Waals surface area (Å²) in [5.74, 6) is -1.00. The van der Waals surface area contributed by atoms with Crippen molar-refractivity contribution in [2.24, 2.45) is 0 Å². The van der Waals surface area contributed by atoms with Gasteiger partial charge in [-0.25, -0.2) is 0 Å². The molecule has 0 fully saturated rings. The second-order valence-corrected chi connectivity index (χ2v) is 2.48. The van der Waals surface area contributed by atoms with Crippen molar-refractivity contribution in [2.45, 2.75) is 39.7 Å². The van der Waals surface area contributed by atoms with Gasteiger partial charge in [0, 0.05) is 16.8 Å². The van der Waals surface area contributed by atoms with Crippen LogP contribution in [0.5, 0.6) is 0 Å². The molecule has 0 aliphatic carbocycles. The summed E-state index contributed by atoms with van der Waals surface area (Å²) in [6, 6.07) is 0. The molecule has 3 nitrogen and oxygen atoms in total. The quantitative estimate of drug-likeness (QED) is 0.586. The minimum atomic E-state index is -1.41. The normalized spacial score (nSPS) is 8.15. The van der Waals surface area contributed by atoms with Crippen molar-refractivity contribution in [1.82, 2.24) is 0 Å². The third-order valence-electron chi connectivity index (χ3n) is 1.12. The molecule has 0 bridgehead atoms. The van der Waals surface area contributed by atoms with Gasteiger partial charge in [0.1, 0.15) is 0 Å². The number of aliphatic hydroxyl groups excluding tert-OH is 1. The molecule has 1 radical (unpaired) electrons. The first-order valence-electron chi connectivity index (χ1n) is 3.95. The Balaban J connectivity index is -0.000000173. The minimum Gasteiger partial charge on any atom is -0.378 e. The average molecular weight is 232 g/mol. The smallest absolute Gasteiger partial charge is 0.170 e. The molecule has 0 rings (SSSR count). The van der Waals surface area contributed by atoms with E-state index in [1.807, 2.05) is 0 Å². The molecule has 81 valence electrons. The van der Waals surface area contributed by atoms with Gasteiger partial charge in [-0.15, -0.1) is 0 Å². The summed E-state index contributed by atoms with van der Waals surface area (Å²) in [6.45, 7) is 8.07. The third-order valence-corrected chi connectivity index (χ3v) is 1.12. The molecule has 0 aromatic carbocycles. The van der Waals surface area contributed by atoms with Crippen molar-refractivity contribution in [1.29, 1.82) is 0 Å². The van der Waals surface area contributed by atoms with Gasteiger partial charge in [-0.1, -0.05) is 13.3 Å². The summed E-state index contributed by atoms with van der Waals surface area (Å²) in [6.07, 6.45) is 0.870. The predicted molar refractivity (Wildman–Crippen MR) is 47.6 cm³/mol. The molecule has 0 unspecified atom stereocenters. The molecule has 0 saturated carbocycles. The van der Waals surface area contributed by atoms with Crippen molar-refractivity contribution >= 4 is 11.6 Å². The van der Waals surface area contributed by atoms with E-state index in [0.717, 1.165) is 6.42 Å². The summed E-state index contributed by atoms with van der Waals surface area (Å²) < 4.78 is 0. The van der Waals surface area contributed by atoms with E-state index in [0.29, 0.717) is 0 Å². The van der Waals surface area contributed by atoms with Gasteiger partial charge in [-0.05, 0) is 13.8 Å². The van der Waals surface area contributed by atoms with Crippen molar-refractivity contribution in [3.63, 3.8) is 0 Å². The van der Waals surface area contributed by atoms with Crippen LogP contribution in [0.15, 0.2) is 0 Å². The maximum Gasteiger partial charge on any atom is 0.170 e. The van der Waals surface area contributed by atoms with Crippen molar-refractivity contribution in [2.75, 3.05) is 0 Å². The Labute approximate surface area is 90.1 Å². The fraction of sp³-hybridized carbons (Fsp3) is 0.667. The summed E-state index contributed by atoms with van der Waals surface area (Å²) in [4.78, 5) is 20.2. The van der Waals surface area contributed by atoms with Crippen LogP contribution in [0, 0.1) is 6.92 Å². The number of carbonyl (C=O) groups excluding carboxylic acids is 2. The number of hydrogen-bond acceptors (Lipinski definition) is 3. The van der Waals surface area contributed by atoms with Crippen molar-refractivity contribution in [3.05, 3.63) is 6.92 Å². The van der Waals surface area contributed by atoms with Gasteiger partial charge in [0.25, 0.3) is 0 Å². The molecule has 0 aliphatic heterocycles. The number of hydrogen-bond donors (Lipinski definition) is 1. The summed E-state index contributed by atoms with van der Waals surface area (Å²) in [5, 5.41) is 8.50. The molecular formula is C9H17CoO3-. The molecule has 0 aromatic heterocycles. The Kier molecular flexibility index (Phi) is 16.9. The molecule has 13 heavy (non-hydrogen) atoms. The van der Waals surface area contributed by atoms with Crippen LogP contribution < -0.4 is 0 Å². The predicted octanol–water partition coefficient (Wildman–Crippen LogP) is 1.14. The average Bonchev–Trinajstić information content (AvgIpc) is 2.03. The van der Waals surface area contributed by atoms with Crippen LogP contribution in [0.4, 0.5) is 0 Å². The number of aliphatic hydroxyl groups is 1. The van der Waals surface area contributed by atoms with E-state index in [4.69, 9.17) is 5.11 Å². The van der Waals surface area contributed by atoms with Crippen molar-refractivity contribution in [3.8, 4) is 0 Å². The fourth-order valence-electron chi connectivity index (χ4n) is 0.286. The molecule has 0 spiro atoms. The summed E-state index contributed by atoms with van der Waals surface area (Å²) in [5.41, 5.74) is 0. The molecule has 0 amide bonds. The monoisotopic (exact) mass is 232 g/mol. The van der Waals surface area contributed by atoms with Crippen molar-refractivity contribution < 1.29 is 31.5 Å². The largest absolute Gasteiger partial charge is 0.378 e. The number of carbonyl (C=O) groups is 2. The molecule has 0 heterocycles. The Morgan fingerprint density at radius 1 is 1.31 bits per heavy atom. The fourth-order valence-corrected chi connectivity index (χ4v) is 0.286. The molecule has 4 heteroatoms. The zero-order valence-electron chi connectivity index (χ0n) is 8.30. The van der Waals surface area contributed by atoms with Gasteiger partial charge in [0.2, 0.25) is 0 Å². The first kappa shape index (κ1) is 18.6. The van der Waals surface area contributed by atoms with Crippen LogP contribution in [0.2, 0.25) is 0 Å². The van der Waals surface area contributed by atoms with E-state index in [2.05, 4.69) is 13.8 Å². The standard InChI is InChI=1S/C5H8O3.C4H9.Co/c1-3(6)5(8)4(2)7;1-3-4-2;/h5,8H,1-2H3;1,3-4H2,2H3;/q;-1;. The minimum absolute atomic E-state index is 0. The van der Waals surface area contributed by atoms with Gasteiger partial charge in [0.15, 0.2) is 17.7 Å². The first-order valence-corrected chi connectivity index (χ1v) is 3.95. The number of Topliss-reactive ketones (excluding diaryl/α,β-unsaturated/α-hetero) is 2. The van der Waals surface area contributed by atoms with E-state index in [-0.39, 0.29) is 16.8 Å². The zero-order valence-corrected chi connectivity index (χ0v) is 9.34. The van der Waals surface area contributed by atoms with Gasteiger partial charge in [-0.2, -0.15) is 6.42 Å². The Bertz CT molecular complexity index is 130. The van der Waals surface area contributed by atoms with E-state index in [1.165, 1.54) is 20.3 Å². The SMILES string of the molecule is CC(=O)C(O)C(C)=O.[CH2-]CCC.[Co]. The zero-order chi connectivity index (χ0) is 10.1. The Hall–Kier alpha value is -0.194. The van der Waals surface area contributed by atoms with Crippen LogP contribution >= 0.6 is 0 Å². The van der Waals surface area contributed by atoms with E-state index >= 15 is 0 Å². The third kappa shape index (κ3) is 14.6. The molecule has 0 saturated heterocycles. The molecule has 1 N–H and O–H groups in total. The van der Waals surface area contributed by atoms with Gasteiger partial charge >= 0.3 is 0 Å². The van der Waals surface area contributed by atoms with Crippen LogP contribution in [0.3, 0.4) is 0 Å². The molecule has 0 aliphatic rings. The van der Waals surface area contributed by atoms with E-state index in [1.54, 1.807) is 0 Å². The second kappa shape index (κ2) is 11.8. The molecule has 0 aromatic rings. The molecule has 0 atom stereocenters. The Morgan fingerprint density at radius 2 is 1.54 bits per heavy atom. The summed E-state index contributed by atoms with van der Waals surface area (Å²) >= 11 is 0. The van der Waals surface area contributed by atoms with Crippen LogP contribution in [0.25, 0.3) is 0 Å². The maximum atomic E-state index is 10.1. The topological polar surface area (TPSA) is 54.4 Å². The first-order chi connectivity index (χ1) is 5.47. The van der Waals surface area contributed by atoms with E-state index < -0.39 is 17.7 Å².